The summed E-state index contributed by atoms with van der Waals surface area (Å²) in [5.41, 5.74) is 0.389. The third-order valence-electron chi connectivity index (χ3n) is 4.18. The van der Waals surface area contributed by atoms with Gasteiger partial charge in [0.15, 0.2) is 5.69 Å². The maximum Gasteiger partial charge on any atom is 0.323 e. The molecule has 7 nitrogen and oxygen atoms in total. The highest BCUT2D eigenvalue weighted by atomic mass is 16.6. The summed E-state index contributed by atoms with van der Waals surface area (Å²) in [6.07, 6.45) is 0. The van der Waals surface area contributed by atoms with Crippen molar-refractivity contribution < 1.29 is 9.72 Å². The molecular weight excluding hydrogens is 248 g/mol. The normalized spacial score (nSPS) is 25.6. The van der Waals surface area contributed by atoms with Gasteiger partial charge in [0, 0.05) is 32.2 Å². The van der Waals surface area contributed by atoms with Crippen LogP contribution in [0.4, 0.5) is 5.82 Å². The molecule has 2 atom stereocenters. The van der Waals surface area contributed by atoms with E-state index >= 15 is 0 Å². The fourth-order valence-electron chi connectivity index (χ4n) is 3.08. The van der Waals surface area contributed by atoms with Gasteiger partial charge < -0.3 is 20.3 Å². The van der Waals surface area contributed by atoms with E-state index < -0.39 is 4.92 Å². The standard InChI is InChI=1S/C12H16N4O3/c1-14-10(2-3-11(14)16(18)19)12(17)15-6-8-4-13-5-9(8)7-15/h2-3,8-9,13H,4-7H2,1H3/t8-,9+. The zero-order valence-corrected chi connectivity index (χ0v) is 10.7. The largest absolute Gasteiger partial charge is 0.358 e. The lowest BCUT2D eigenvalue weighted by atomic mass is 10.0. The summed E-state index contributed by atoms with van der Waals surface area (Å²) in [6.45, 7) is 3.41. The van der Waals surface area contributed by atoms with E-state index in [4.69, 9.17) is 0 Å². The van der Waals surface area contributed by atoms with Gasteiger partial charge in [0.2, 0.25) is 0 Å². The van der Waals surface area contributed by atoms with E-state index in [9.17, 15) is 14.9 Å². The molecule has 7 heteroatoms. The van der Waals surface area contributed by atoms with Crippen molar-refractivity contribution in [2.75, 3.05) is 26.2 Å². The number of amides is 1. The Hall–Kier alpha value is -1.89. The number of likely N-dealkylation sites (tertiary alicyclic amines) is 1. The topological polar surface area (TPSA) is 80.4 Å². The molecule has 0 spiro atoms. The Morgan fingerprint density at radius 3 is 2.53 bits per heavy atom. The first-order valence-electron chi connectivity index (χ1n) is 6.38. The van der Waals surface area contributed by atoms with Crippen LogP contribution in [0.25, 0.3) is 0 Å². The Bertz CT molecular complexity index is 527. The fraction of sp³-hybridized carbons (Fsp3) is 0.583. The molecule has 19 heavy (non-hydrogen) atoms. The molecule has 1 aromatic rings. The summed E-state index contributed by atoms with van der Waals surface area (Å²) in [7, 11) is 1.56. The molecule has 2 fully saturated rings. The number of carbonyl (C=O) groups is 1. The summed E-state index contributed by atoms with van der Waals surface area (Å²) < 4.78 is 1.36. The van der Waals surface area contributed by atoms with Gasteiger partial charge in [-0.15, -0.1) is 0 Å². The Morgan fingerprint density at radius 1 is 1.37 bits per heavy atom. The number of nitrogens with one attached hydrogen (secondary N) is 1. The third kappa shape index (κ3) is 1.90. The highest BCUT2D eigenvalue weighted by molar-refractivity contribution is 5.93. The molecule has 1 amide bonds. The second kappa shape index (κ2) is 4.34. The van der Waals surface area contributed by atoms with Crippen molar-refractivity contribution in [3.8, 4) is 0 Å². The monoisotopic (exact) mass is 264 g/mol. The molecule has 0 unspecified atom stereocenters. The van der Waals surface area contributed by atoms with Gasteiger partial charge in [-0.05, 0) is 22.8 Å². The van der Waals surface area contributed by atoms with Crippen LogP contribution >= 0.6 is 0 Å². The Kier molecular flexibility index (Phi) is 2.78. The lowest BCUT2D eigenvalue weighted by molar-refractivity contribution is -0.391. The first kappa shape index (κ1) is 12.2. The number of nitro groups is 1. The van der Waals surface area contributed by atoms with Crippen LogP contribution in [-0.4, -0.2) is 46.5 Å². The van der Waals surface area contributed by atoms with E-state index in [1.807, 2.05) is 4.90 Å². The first-order valence-corrected chi connectivity index (χ1v) is 6.38. The maximum absolute atomic E-state index is 12.4. The smallest absolute Gasteiger partial charge is 0.323 e. The molecular formula is C12H16N4O3. The highest BCUT2D eigenvalue weighted by Crippen LogP contribution is 2.28. The molecule has 0 saturated carbocycles. The van der Waals surface area contributed by atoms with Gasteiger partial charge in [0.1, 0.15) is 0 Å². The van der Waals surface area contributed by atoms with Crippen molar-refractivity contribution in [3.05, 3.63) is 27.9 Å². The minimum absolute atomic E-state index is 0.0515. The van der Waals surface area contributed by atoms with E-state index in [1.165, 1.54) is 16.7 Å². The molecule has 2 aliphatic heterocycles. The summed E-state index contributed by atoms with van der Waals surface area (Å²) in [5, 5.41) is 14.1. The Morgan fingerprint density at radius 2 is 2.00 bits per heavy atom. The molecule has 0 radical (unpaired) electrons. The minimum Gasteiger partial charge on any atom is -0.358 e. The molecule has 102 valence electrons. The number of nitrogens with zero attached hydrogens (tertiary/aromatic N) is 3. The fourth-order valence-corrected chi connectivity index (χ4v) is 3.08. The number of hydrogen-bond acceptors (Lipinski definition) is 4. The van der Waals surface area contributed by atoms with Gasteiger partial charge in [-0.25, -0.2) is 4.57 Å². The van der Waals surface area contributed by atoms with Crippen LogP contribution in [0, 0.1) is 22.0 Å². The maximum atomic E-state index is 12.4. The lowest BCUT2D eigenvalue weighted by Crippen LogP contribution is -2.33. The number of aromatic nitrogens is 1. The van der Waals surface area contributed by atoms with E-state index in [0.717, 1.165) is 26.2 Å². The van der Waals surface area contributed by atoms with Crippen LogP contribution in [0.1, 0.15) is 10.5 Å². The lowest BCUT2D eigenvalue weighted by Gasteiger charge is -2.16. The highest BCUT2D eigenvalue weighted by Gasteiger charge is 2.39. The van der Waals surface area contributed by atoms with Crippen molar-refractivity contribution >= 4 is 11.7 Å². The van der Waals surface area contributed by atoms with E-state index in [0.29, 0.717) is 17.5 Å². The third-order valence-corrected chi connectivity index (χ3v) is 4.18. The first-order chi connectivity index (χ1) is 9.08. The zero-order valence-electron chi connectivity index (χ0n) is 10.7. The zero-order chi connectivity index (χ0) is 13.6. The van der Waals surface area contributed by atoms with E-state index in [1.54, 1.807) is 7.05 Å². The molecule has 3 rings (SSSR count). The van der Waals surface area contributed by atoms with Crippen LogP contribution in [0.3, 0.4) is 0 Å². The summed E-state index contributed by atoms with van der Waals surface area (Å²) >= 11 is 0. The summed E-state index contributed by atoms with van der Waals surface area (Å²) in [6, 6.07) is 2.92. The molecule has 3 heterocycles. The average molecular weight is 264 g/mol. The average Bonchev–Trinajstić information content (AvgIpc) is 3.00. The van der Waals surface area contributed by atoms with Gasteiger partial charge in [0.05, 0.1) is 7.05 Å². The van der Waals surface area contributed by atoms with Crippen LogP contribution in [0.15, 0.2) is 12.1 Å². The second-order valence-electron chi connectivity index (χ2n) is 5.28. The molecule has 1 N–H and O–H groups in total. The SMILES string of the molecule is Cn1c(C(=O)N2C[C@H]3CNC[C@H]3C2)ccc1[N+](=O)[O-]. The van der Waals surface area contributed by atoms with Crippen LogP contribution in [-0.2, 0) is 7.05 Å². The Balaban J connectivity index is 1.79. The minimum atomic E-state index is -0.473. The van der Waals surface area contributed by atoms with Crippen molar-refractivity contribution in [1.29, 1.82) is 0 Å². The van der Waals surface area contributed by atoms with Crippen molar-refractivity contribution in [2.45, 2.75) is 0 Å². The molecule has 0 aromatic carbocycles. The number of hydrogen-bond donors (Lipinski definition) is 1. The summed E-state index contributed by atoms with van der Waals surface area (Å²) in [4.78, 5) is 24.5. The molecule has 0 bridgehead atoms. The van der Waals surface area contributed by atoms with Crippen molar-refractivity contribution in [3.63, 3.8) is 0 Å². The van der Waals surface area contributed by atoms with Crippen LogP contribution < -0.4 is 5.32 Å². The molecule has 2 aliphatic rings. The number of fused-ring (bicyclic) bond motifs is 1. The van der Waals surface area contributed by atoms with Gasteiger partial charge in [-0.3, -0.25) is 4.79 Å². The van der Waals surface area contributed by atoms with Gasteiger partial charge in [-0.1, -0.05) is 0 Å². The van der Waals surface area contributed by atoms with Crippen molar-refractivity contribution in [2.24, 2.45) is 18.9 Å². The van der Waals surface area contributed by atoms with E-state index in [2.05, 4.69) is 5.32 Å². The quantitative estimate of drug-likeness (QED) is 0.612. The summed E-state index contributed by atoms with van der Waals surface area (Å²) in [5.74, 6) is 0.896. The molecule has 2 saturated heterocycles. The van der Waals surface area contributed by atoms with Crippen molar-refractivity contribution in [1.82, 2.24) is 14.8 Å². The van der Waals surface area contributed by atoms with Gasteiger partial charge in [-0.2, -0.15) is 0 Å². The number of carbonyl (C=O) groups excluding carboxylic acids is 1. The van der Waals surface area contributed by atoms with Crippen LogP contribution in [0.5, 0.6) is 0 Å². The number of rotatable bonds is 2. The molecule has 0 aliphatic carbocycles. The second-order valence-corrected chi connectivity index (χ2v) is 5.28. The van der Waals surface area contributed by atoms with Gasteiger partial charge in [0.25, 0.3) is 5.91 Å². The Labute approximate surface area is 110 Å². The predicted molar refractivity (Wildman–Crippen MR) is 67.8 cm³/mol. The van der Waals surface area contributed by atoms with Gasteiger partial charge >= 0.3 is 5.82 Å². The van der Waals surface area contributed by atoms with Crippen LogP contribution in [0.2, 0.25) is 0 Å². The molecule has 1 aromatic heterocycles. The predicted octanol–water partition coefficient (Wildman–Crippen LogP) is 0.225. The van der Waals surface area contributed by atoms with E-state index in [-0.39, 0.29) is 11.7 Å².